The molecule has 1 aliphatic carbocycles. The van der Waals surface area contributed by atoms with Gasteiger partial charge in [-0.15, -0.1) is 0 Å². The second-order valence-electron chi connectivity index (χ2n) is 5.39. The molecule has 1 heterocycles. The number of amides is 3. The lowest BCUT2D eigenvalue weighted by molar-refractivity contribution is -0.123. The van der Waals surface area contributed by atoms with Gasteiger partial charge in [0.25, 0.3) is 0 Å². The van der Waals surface area contributed by atoms with E-state index >= 15 is 0 Å². The van der Waals surface area contributed by atoms with Crippen LogP contribution < -0.4 is 16.4 Å². The van der Waals surface area contributed by atoms with Gasteiger partial charge in [0.2, 0.25) is 5.91 Å². The smallest absolute Gasteiger partial charge is 0.315 e. The fourth-order valence-electron chi connectivity index (χ4n) is 2.88. The summed E-state index contributed by atoms with van der Waals surface area (Å²) >= 11 is 0. The van der Waals surface area contributed by atoms with E-state index in [0.29, 0.717) is 6.54 Å². The van der Waals surface area contributed by atoms with Crippen LogP contribution >= 0.6 is 0 Å². The fourth-order valence-corrected chi connectivity index (χ4v) is 2.88. The van der Waals surface area contributed by atoms with Crippen molar-refractivity contribution in [1.29, 1.82) is 0 Å². The normalized spacial score (nSPS) is 30.8. The van der Waals surface area contributed by atoms with Crippen LogP contribution in [0.4, 0.5) is 4.79 Å². The second-order valence-corrected chi connectivity index (χ2v) is 5.39. The number of primary amides is 1. The van der Waals surface area contributed by atoms with Crippen molar-refractivity contribution in [2.75, 3.05) is 13.2 Å². The topological polar surface area (TPSA) is 93.5 Å². The molecule has 6 nitrogen and oxygen atoms in total. The van der Waals surface area contributed by atoms with Gasteiger partial charge in [0, 0.05) is 19.2 Å². The average Bonchev–Trinajstić information content (AvgIpc) is 2.90. The van der Waals surface area contributed by atoms with Gasteiger partial charge in [-0.05, 0) is 25.7 Å². The standard InChI is InChI=1S/C13H23N3O3/c14-12(17)10-5-1-2-6-11(10)16-13(18)15-8-9-4-3-7-19-9/h9-11H,1-8H2,(H2,14,17)(H2,15,16,18)/t9-,10-,11+/m1/s1. The Labute approximate surface area is 113 Å². The molecule has 0 aromatic heterocycles. The number of carbonyl (C=O) groups is 2. The highest BCUT2D eigenvalue weighted by Crippen LogP contribution is 2.24. The summed E-state index contributed by atoms with van der Waals surface area (Å²) in [7, 11) is 0. The van der Waals surface area contributed by atoms with Crippen molar-refractivity contribution in [3.63, 3.8) is 0 Å². The van der Waals surface area contributed by atoms with Crippen molar-refractivity contribution >= 4 is 11.9 Å². The average molecular weight is 269 g/mol. The number of hydrogen-bond donors (Lipinski definition) is 3. The minimum Gasteiger partial charge on any atom is -0.376 e. The third-order valence-corrected chi connectivity index (χ3v) is 3.96. The molecule has 0 aromatic carbocycles. The highest BCUT2D eigenvalue weighted by atomic mass is 16.5. The van der Waals surface area contributed by atoms with Crippen LogP contribution in [0.5, 0.6) is 0 Å². The van der Waals surface area contributed by atoms with E-state index in [0.717, 1.165) is 45.1 Å². The largest absolute Gasteiger partial charge is 0.376 e. The lowest BCUT2D eigenvalue weighted by atomic mass is 9.84. The molecule has 1 aliphatic heterocycles. The monoisotopic (exact) mass is 269 g/mol. The van der Waals surface area contributed by atoms with E-state index in [9.17, 15) is 9.59 Å². The summed E-state index contributed by atoms with van der Waals surface area (Å²) in [5, 5.41) is 5.67. The summed E-state index contributed by atoms with van der Waals surface area (Å²) in [5.41, 5.74) is 5.38. The Morgan fingerprint density at radius 3 is 2.63 bits per heavy atom. The van der Waals surface area contributed by atoms with Crippen LogP contribution in [0.1, 0.15) is 38.5 Å². The van der Waals surface area contributed by atoms with Crippen molar-refractivity contribution in [2.45, 2.75) is 50.7 Å². The zero-order chi connectivity index (χ0) is 13.7. The predicted octanol–water partition coefficient (Wildman–Crippen LogP) is 0.509. The van der Waals surface area contributed by atoms with E-state index in [2.05, 4.69) is 10.6 Å². The van der Waals surface area contributed by atoms with E-state index in [4.69, 9.17) is 10.5 Å². The highest BCUT2D eigenvalue weighted by Gasteiger charge is 2.30. The van der Waals surface area contributed by atoms with Gasteiger partial charge >= 0.3 is 6.03 Å². The number of ether oxygens (including phenoxy) is 1. The van der Waals surface area contributed by atoms with Gasteiger partial charge in [-0.2, -0.15) is 0 Å². The van der Waals surface area contributed by atoms with Crippen molar-refractivity contribution < 1.29 is 14.3 Å². The van der Waals surface area contributed by atoms with Crippen LogP contribution in [-0.2, 0) is 9.53 Å². The molecule has 2 aliphatic rings. The van der Waals surface area contributed by atoms with Crippen LogP contribution in [0.25, 0.3) is 0 Å². The molecule has 3 atom stereocenters. The second kappa shape index (κ2) is 6.75. The number of nitrogens with two attached hydrogens (primary N) is 1. The molecule has 1 saturated carbocycles. The van der Waals surface area contributed by atoms with Crippen molar-refractivity contribution in [1.82, 2.24) is 10.6 Å². The van der Waals surface area contributed by atoms with Crippen LogP contribution in [0.2, 0.25) is 0 Å². The summed E-state index contributed by atoms with van der Waals surface area (Å²) in [5.74, 6) is -0.550. The van der Waals surface area contributed by atoms with E-state index in [1.54, 1.807) is 0 Å². The van der Waals surface area contributed by atoms with Gasteiger partial charge < -0.3 is 21.1 Å². The molecular weight excluding hydrogens is 246 g/mol. The molecule has 3 amide bonds. The maximum Gasteiger partial charge on any atom is 0.315 e. The van der Waals surface area contributed by atoms with Gasteiger partial charge in [-0.1, -0.05) is 12.8 Å². The quantitative estimate of drug-likeness (QED) is 0.694. The SMILES string of the molecule is NC(=O)[C@@H]1CCCC[C@@H]1NC(=O)NC[C@H]1CCCO1. The van der Waals surface area contributed by atoms with Crippen molar-refractivity contribution in [3.05, 3.63) is 0 Å². The first-order valence-electron chi connectivity index (χ1n) is 7.12. The summed E-state index contributed by atoms with van der Waals surface area (Å²) in [4.78, 5) is 23.2. The third kappa shape index (κ3) is 4.09. The van der Waals surface area contributed by atoms with E-state index < -0.39 is 0 Å². The Hall–Kier alpha value is -1.30. The Balaban J connectivity index is 1.74. The Bertz CT molecular complexity index is 329. The van der Waals surface area contributed by atoms with Crippen LogP contribution in [-0.4, -0.2) is 37.2 Å². The number of urea groups is 1. The zero-order valence-corrected chi connectivity index (χ0v) is 11.2. The summed E-state index contributed by atoms with van der Waals surface area (Å²) in [6.07, 6.45) is 5.80. The lowest BCUT2D eigenvalue weighted by Crippen LogP contribution is -2.51. The molecule has 2 rings (SSSR count). The molecule has 6 heteroatoms. The van der Waals surface area contributed by atoms with Crippen LogP contribution in [0.15, 0.2) is 0 Å². The number of nitrogens with one attached hydrogen (secondary N) is 2. The minimum absolute atomic E-state index is 0.129. The molecule has 0 unspecified atom stereocenters. The summed E-state index contributed by atoms with van der Waals surface area (Å²) < 4.78 is 5.44. The summed E-state index contributed by atoms with van der Waals surface area (Å²) in [6, 6.07) is -0.357. The predicted molar refractivity (Wildman–Crippen MR) is 70.4 cm³/mol. The molecule has 108 valence electrons. The first-order valence-corrected chi connectivity index (χ1v) is 7.12. The molecule has 0 radical (unpaired) electrons. The zero-order valence-electron chi connectivity index (χ0n) is 11.2. The highest BCUT2D eigenvalue weighted by molar-refractivity contribution is 5.79. The number of rotatable bonds is 4. The van der Waals surface area contributed by atoms with Gasteiger partial charge in [0.1, 0.15) is 0 Å². The van der Waals surface area contributed by atoms with E-state index in [1.165, 1.54) is 0 Å². The maximum atomic E-state index is 11.8. The molecule has 19 heavy (non-hydrogen) atoms. The Kier molecular flexibility index (Phi) is 5.01. The van der Waals surface area contributed by atoms with Gasteiger partial charge in [0.05, 0.1) is 12.0 Å². The molecule has 4 N–H and O–H groups in total. The third-order valence-electron chi connectivity index (χ3n) is 3.96. The molecule has 2 fully saturated rings. The molecular formula is C13H23N3O3. The number of carbonyl (C=O) groups excluding carboxylic acids is 2. The first kappa shape index (κ1) is 14.1. The van der Waals surface area contributed by atoms with Crippen LogP contribution in [0.3, 0.4) is 0 Å². The summed E-state index contributed by atoms with van der Waals surface area (Å²) in [6.45, 7) is 1.31. The van der Waals surface area contributed by atoms with Gasteiger partial charge in [-0.3, -0.25) is 4.79 Å². The fraction of sp³-hybridized carbons (Fsp3) is 0.846. The van der Waals surface area contributed by atoms with Gasteiger partial charge in [0.15, 0.2) is 0 Å². The van der Waals surface area contributed by atoms with E-state index in [1.807, 2.05) is 0 Å². The molecule has 0 bridgehead atoms. The Morgan fingerprint density at radius 1 is 1.16 bits per heavy atom. The minimum atomic E-state index is -0.316. The van der Waals surface area contributed by atoms with Gasteiger partial charge in [-0.25, -0.2) is 4.79 Å². The molecule has 0 spiro atoms. The lowest BCUT2D eigenvalue weighted by Gasteiger charge is -2.30. The molecule has 0 aromatic rings. The molecule has 1 saturated heterocycles. The van der Waals surface area contributed by atoms with Crippen molar-refractivity contribution in [2.24, 2.45) is 11.7 Å². The van der Waals surface area contributed by atoms with Crippen LogP contribution in [0, 0.1) is 5.92 Å². The van der Waals surface area contributed by atoms with Crippen molar-refractivity contribution in [3.8, 4) is 0 Å². The van der Waals surface area contributed by atoms with E-state index in [-0.39, 0.29) is 30.0 Å². The number of hydrogen-bond acceptors (Lipinski definition) is 3. The first-order chi connectivity index (χ1) is 9.16. The Morgan fingerprint density at radius 2 is 1.95 bits per heavy atom. The maximum absolute atomic E-state index is 11.8.